The van der Waals surface area contributed by atoms with Crippen molar-refractivity contribution in [2.75, 3.05) is 5.32 Å². The Bertz CT molecular complexity index is 1090. The van der Waals surface area contributed by atoms with E-state index in [0.717, 1.165) is 11.3 Å². The summed E-state index contributed by atoms with van der Waals surface area (Å²) in [6, 6.07) is 10.7. The summed E-state index contributed by atoms with van der Waals surface area (Å²) in [6.07, 6.45) is 3.43. The molecule has 0 bridgehead atoms. The van der Waals surface area contributed by atoms with Crippen LogP contribution in [0.25, 0.3) is 11.3 Å². The number of nitrogens with zero attached hydrogens (tertiary/aromatic N) is 4. The number of hydrogen-bond acceptors (Lipinski definition) is 8. The number of hydrogen-bond donors (Lipinski definition) is 1. The monoisotopic (exact) mass is 393 g/mol. The third-order valence-corrected chi connectivity index (χ3v) is 4.50. The van der Waals surface area contributed by atoms with Gasteiger partial charge in [-0.25, -0.2) is 4.98 Å². The standard InChI is InChI=1S/C19H15N5O3S/c1-12-21-17(24-27-12)10-26-16-7-3-2-6-14(16)18(25)23-19-22-15(11-28-19)13-5-4-8-20-9-13/h2-9,11H,10H2,1H3,(H,22,23,25). The lowest BCUT2D eigenvalue weighted by atomic mass is 10.2. The Morgan fingerprint density at radius 1 is 1.21 bits per heavy atom. The molecule has 0 spiro atoms. The fourth-order valence-electron chi connectivity index (χ4n) is 2.46. The molecule has 28 heavy (non-hydrogen) atoms. The van der Waals surface area contributed by atoms with E-state index in [1.165, 1.54) is 11.3 Å². The van der Waals surface area contributed by atoms with Gasteiger partial charge in [0, 0.05) is 30.3 Å². The van der Waals surface area contributed by atoms with Crippen LogP contribution in [-0.2, 0) is 6.61 Å². The van der Waals surface area contributed by atoms with Crippen molar-refractivity contribution < 1.29 is 14.1 Å². The Kier molecular flexibility index (Phi) is 5.07. The first-order chi connectivity index (χ1) is 13.7. The van der Waals surface area contributed by atoms with Gasteiger partial charge in [-0.15, -0.1) is 11.3 Å². The molecule has 3 heterocycles. The number of amides is 1. The number of ether oxygens (including phenoxy) is 1. The fourth-order valence-corrected chi connectivity index (χ4v) is 3.18. The molecular weight excluding hydrogens is 378 g/mol. The van der Waals surface area contributed by atoms with Gasteiger partial charge in [0.05, 0.1) is 11.3 Å². The molecular formula is C19H15N5O3S. The Hall–Kier alpha value is -3.59. The first kappa shape index (κ1) is 17.8. The molecule has 4 rings (SSSR count). The SMILES string of the molecule is Cc1nc(COc2ccccc2C(=O)Nc2nc(-c3cccnc3)cs2)no1. The maximum Gasteiger partial charge on any atom is 0.261 e. The zero-order valence-corrected chi connectivity index (χ0v) is 15.6. The van der Waals surface area contributed by atoms with Gasteiger partial charge in [0.25, 0.3) is 5.91 Å². The van der Waals surface area contributed by atoms with E-state index in [1.807, 2.05) is 17.5 Å². The summed E-state index contributed by atoms with van der Waals surface area (Å²) in [4.78, 5) is 25.3. The quantitative estimate of drug-likeness (QED) is 0.532. The van der Waals surface area contributed by atoms with Crippen LogP contribution in [-0.4, -0.2) is 26.0 Å². The van der Waals surface area contributed by atoms with Gasteiger partial charge in [-0.05, 0) is 24.3 Å². The number of aromatic nitrogens is 4. The second-order valence-corrected chi connectivity index (χ2v) is 6.61. The zero-order valence-electron chi connectivity index (χ0n) is 14.8. The molecule has 0 aliphatic rings. The van der Waals surface area contributed by atoms with E-state index in [0.29, 0.717) is 28.2 Å². The molecule has 4 aromatic rings. The molecule has 0 aliphatic heterocycles. The van der Waals surface area contributed by atoms with Crippen molar-refractivity contribution in [3.05, 3.63) is 71.5 Å². The lowest BCUT2D eigenvalue weighted by molar-refractivity contribution is 0.102. The largest absolute Gasteiger partial charge is 0.485 e. The maximum absolute atomic E-state index is 12.7. The number of nitrogens with one attached hydrogen (secondary N) is 1. The summed E-state index contributed by atoms with van der Waals surface area (Å²) < 4.78 is 10.6. The number of benzene rings is 1. The Balaban J connectivity index is 1.47. The number of pyridine rings is 1. The highest BCUT2D eigenvalue weighted by Crippen LogP contribution is 2.26. The second kappa shape index (κ2) is 7.97. The molecule has 3 aromatic heterocycles. The van der Waals surface area contributed by atoms with Crippen molar-refractivity contribution in [2.45, 2.75) is 13.5 Å². The summed E-state index contributed by atoms with van der Waals surface area (Å²) in [5.74, 6) is 0.977. The van der Waals surface area contributed by atoms with Gasteiger partial charge >= 0.3 is 0 Å². The van der Waals surface area contributed by atoms with Gasteiger partial charge in [0.1, 0.15) is 5.75 Å². The average Bonchev–Trinajstić information content (AvgIpc) is 3.36. The molecule has 1 N–H and O–H groups in total. The van der Waals surface area contributed by atoms with Crippen molar-refractivity contribution in [1.82, 2.24) is 20.1 Å². The number of carbonyl (C=O) groups excluding carboxylic acids is 1. The Morgan fingerprint density at radius 2 is 2.11 bits per heavy atom. The molecule has 140 valence electrons. The van der Waals surface area contributed by atoms with Crippen molar-refractivity contribution in [2.24, 2.45) is 0 Å². The topological polar surface area (TPSA) is 103 Å². The third-order valence-electron chi connectivity index (χ3n) is 3.74. The van der Waals surface area contributed by atoms with Crippen LogP contribution in [0.1, 0.15) is 22.1 Å². The second-order valence-electron chi connectivity index (χ2n) is 5.75. The molecule has 1 aromatic carbocycles. The zero-order chi connectivity index (χ0) is 19.3. The number of carbonyl (C=O) groups is 1. The van der Waals surface area contributed by atoms with E-state index in [4.69, 9.17) is 9.26 Å². The minimum atomic E-state index is -0.313. The maximum atomic E-state index is 12.7. The van der Waals surface area contributed by atoms with Crippen LogP contribution in [0.5, 0.6) is 5.75 Å². The van der Waals surface area contributed by atoms with Gasteiger partial charge < -0.3 is 9.26 Å². The van der Waals surface area contributed by atoms with Gasteiger partial charge in [-0.2, -0.15) is 4.98 Å². The molecule has 8 nitrogen and oxygen atoms in total. The summed E-state index contributed by atoms with van der Waals surface area (Å²) in [7, 11) is 0. The molecule has 0 aliphatic carbocycles. The van der Waals surface area contributed by atoms with Crippen LogP contribution in [0, 0.1) is 6.92 Å². The van der Waals surface area contributed by atoms with Gasteiger partial charge in [0.15, 0.2) is 11.7 Å². The number of anilines is 1. The number of para-hydroxylation sites is 1. The lowest BCUT2D eigenvalue weighted by Crippen LogP contribution is -2.13. The Labute approximate surface area is 164 Å². The summed E-state index contributed by atoms with van der Waals surface area (Å²) >= 11 is 1.34. The van der Waals surface area contributed by atoms with Gasteiger partial charge in [-0.3, -0.25) is 15.1 Å². The number of thiazole rings is 1. The highest BCUT2D eigenvalue weighted by molar-refractivity contribution is 7.14. The number of aryl methyl sites for hydroxylation is 1. The van der Waals surface area contributed by atoms with E-state index < -0.39 is 0 Å². The molecule has 0 unspecified atom stereocenters. The molecule has 0 radical (unpaired) electrons. The highest BCUT2D eigenvalue weighted by Gasteiger charge is 2.15. The minimum absolute atomic E-state index is 0.101. The normalized spacial score (nSPS) is 10.6. The average molecular weight is 393 g/mol. The van der Waals surface area contributed by atoms with E-state index in [-0.39, 0.29) is 12.5 Å². The molecule has 9 heteroatoms. The first-order valence-corrected chi connectivity index (χ1v) is 9.25. The van der Waals surface area contributed by atoms with Crippen LogP contribution < -0.4 is 10.1 Å². The van der Waals surface area contributed by atoms with E-state index in [1.54, 1.807) is 43.6 Å². The molecule has 0 saturated carbocycles. The van der Waals surface area contributed by atoms with E-state index in [9.17, 15) is 4.79 Å². The van der Waals surface area contributed by atoms with Crippen LogP contribution >= 0.6 is 11.3 Å². The highest BCUT2D eigenvalue weighted by atomic mass is 32.1. The van der Waals surface area contributed by atoms with Gasteiger partial charge in [0.2, 0.25) is 11.7 Å². The summed E-state index contributed by atoms with van der Waals surface area (Å²) in [5, 5.41) is 8.95. The van der Waals surface area contributed by atoms with Crippen molar-refractivity contribution >= 4 is 22.4 Å². The van der Waals surface area contributed by atoms with Crippen LogP contribution in [0.4, 0.5) is 5.13 Å². The van der Waals surface area contributed by atoms with Crippen LogP contribution in [0.3, 0.4) is 0 Å². The predicted molar refractivity (Wildman–Crippen MR) is 103 cm³/mol. The number of rotatable bonds is 6. The van der Waals surface area contributed by atoms with Crippen molar-refractivity contribution in [1.29, 1.82) is 0 Å². The first-order valence-electron chi connectivity index (χ1n) is 8.37. The van der Waals surface area contributed by atoms with E-state index >= 15 is 0 Å². The Morgan fingerprint density at radius 3 is 2.89 bits per heavy atom. The van der Waals surface area contributed by atoms with Crippen molar-refractivity contribution in [3.63, 3.8) is 0 Å². The smallest absolute Gasteiger partial charge is 0.261 e. The fraction of sp³-hybridized carbons (Fsp3) is 0.105. The molecule has 1 amide bonds. The van der Waals surface area contributed by atoms with E-state index in [2.05, 4.69) is 25.4 Å². The third kappa shape index (κ3) is 4.04. The van der Waals surface area contributed by atoms with Gasteiger partial charge in [-0.1, -0.05) is 17.3 Å². The predicted octanol–water partition coefficient (Wildman–Crippen LogP) is 3.73. The lowest BCUT2D eigenvalue weighted by Gasteiger charge is -2.09. The molecule has 0 fully saturated rings. The van der Waals surface area contributed by atoms with Crippen molar-refractivity contribution in [3.8, 4) is 17.0 Å². The minimum Gasteiger partial charge on any atom is -0.485 e. The molecule has 0 saturated heterocycles. The molecule has 0 atom stereocenters. The van der Waals surface area contributed by atoms with Crippen LogP contribution in [0.15, 0.2) is 58.7 Å². The summed E-state index contributed by atoms with van der Waals surface area (Å²) in [5.41, 5.74) is 2.03. The van der Waals surface area contributed by atoms with Crippen LogP contribution in [0.2, 0.25) is 0 Å². The summed E-state index contributed by atoms with van der Waals surface area (Å²) in [6.45, 7) is 1.80.